The van der Waals surface area contributed by atoms with Crippen LogP contribution in [-0.2, 0) is 0 Å². The number of nitrogens with zero attached hydrogens (tertiary/aromatic N) is 3. The van der Waals surface area contributed by atoms with Crippen molar-refractivity contribution in [2.45, 2.75) is 6.92 Å². The summed E-state index contributed by atoms with van der Waals surface area (Å²) < 4.78 is 4.60. The third-order valence-electron chi connectivity index (χ3n) is 7.09. The second-order valence-electron chi connectivity index (χ2n) is 9.31. The van der Waals surface area contributed by atoms with Gasteiger partial charge in [0.15, 0.2) is 0 Å². The van der Waals surface area contributed by atoms with Crippen molar-refractivity contribution in [2.24, 2.45) is 0 Å². The molecule has 2 aromatic heterocycles. The van der Waals surface area contributed by atoms with Gasteiger partial charge in [0.2, 0.25) is 0 Å². The summed E-state index contributed by atoms with van der Waals surface area (Å²) in [7, 11) is 0. The van der Waals surface area contributed by atoms with E-state index in [0.717, 1.165) is 39.7 Å². The van der Waals surface area contributed by atoms with Gasteiger partial charge in [-0.1, -0.05) is 97.1 Å². The van der Waals surface area contributed by atoms with Gasteiger partial charge in [0.05, 0.1) is 22.4 Å². The highest BCUT2D eigenvalue weighted by atomic mass is 15.1. The van der Waals surface area contributed by atoms with Crippen molar-refractivity contribution in [1.82, 2.24) is 14.1 Å². The van der Waals surface area contributed by atoms with Crippen LogP contribution in [0.5, 0.6) is 0 Å². The van der Waals surface area contributed by atoms with E-state index in [1.807, 2.05) is 6.07 Å². The number of hydrogen-bond acceptors (Lipinski definition) is 1. The quantitative estimate of drug-likeness (QED) is 0.250. The smallest absolute Gasteiger partial charge is 0.111 e. The predicted octanol–water partition coefficient (Wildman–Crippen LogP) is 8.61. The molecule has 0 spiro atoms. The van der Waals surface area contributed by atoms with Gasteiger partial charge in [-0.15, -0.1) is 0 Å². The molecule has 3 nitrogen and oxygen atoms in total. The molecule has 3 heteroatoms. The van der Waals surface area contributed by atoms with E-state index in [2.05, 4.69) is 143 Å². The molecule has 0 bridgehead atoms. The van der Waals surface area contributed by atoms with Crippen LogP contribution in [0.15, 0.2) is 133 Å². The van der Waals surface area contributed by atoms with Crippen LogP contribution < -0.4 is 0 Å². The van der Waals surface area contributed by atoms with E-state index in [-0.39, 0.29) is 0 Å². The van der Waals surface area contributed by atoms with Crippen LogP contribution >= 0.6 is 0 Å². The van der Waals surface area contributed by atoms with Crippen molar-refractivity contribution in [2.75, 3.05) is 0 Å². The summed E-state index contributed by atoms with van der Waals surface area (Å²) in [4.78, 5) is 5.08. The molecule has 0 saturated carbocycles. The molecule has 7 rings (SSSR count). The molecule has 0 aliphatic rings. The predicted molar refractivity (Wildman–Crippen MR) is 154 cm³/mol. The van der Waals surface area contributed by atoms with Gasteiger partial charge in [-0.25, -0.2) is 4.98 Å². The lowest BCUT2D eigenvalue weighted by molar-refractivity contribution is 0.980. The summed E-state index contributed by atoms with van der Waals surface area (Å²) in [6.45, 7) is 2.08. The van der Waals surface area contributed by atoms with Crippen LogP contribution in [0.25, 0.3) is 55.7 Å². The maximum Gasteiger partial charge on any atom is 0.111 e. The Balaban J connectivity index is 1.41. The molecule has 37 heavy (non-hydrogen) atoms. The molecule has 0 aliphatic carbocycles. The molecule has 0 radical (unpaired) electrons. The van der Waals surface area contributed by atoms with Crippen LogP contribution in [0.4, 0.5) is 0 Å². The van der Waals surface area contributed by atoms with Gasteiger partial charge in [0.1, 0.15) is 5.82 Å². The molecule has 0 fully saturated rings. The molecular formula is C34H25N3. The summed E-state index contributed by atoms with van der Waals surface area (Å²) in [5.41, 5.74) is 9.02. The van der Waals surface area contributed by atoms with E-state index < -0.39 is 0 Å². The van der Waals surface area contributed by atoms with E-state index >= 15 is 0 Å². The van der Waals surface area contributed by atoms with E-state index in [1.165, 1.54) is 21.8 Å². The van der Waals surface area contributed by atoms with Crippen LogP contribution in [0.1, 0.15) is 5.82 Å². The Hall–Kier alpha value is -4.89. The van der Waals surface area contributed by atoms with Crippen molar-refractivity contribution >= 4 is 21.8 Å². The van der Waals surface area contributed by atoms with Gasteiger partial charge in [-0.3, -0.25) is 4.57 Å². The normalized spacial score (nSPS) is 11.4. The van der Waals surface area contributed by atoms with Crippen molar-refractivity contribution in [3.8, 4) is 33.9 Å². The highest BCUT2D eigenvalue weighted by Crippen LogP contribution is 2.36. The number of para-hydroxylation sites is 3. The average molecular weight is 476 g/mol. The first-order valence-electron chi connectivity index (χ1n) is 12.6. The standard InChI is InChI=1S/C34H25N3/c1-24-35-33(34(26-12-4-2-5-13-26)36(24)27-14-6-3-7-15-27)25-20-22-28(23-21-25)37-31-18-10-8-16-29(31)30-17-9-11-19-32(30)37/h2-23H,1H3. The first kappa shape index (κ1) is 21.4. The molecule has 0 atom stereocenters. The lowest BCUT2D eigenvalue weighted by Crippen LogP contribution is -1.99. The van der Waals surface area contributed by atoms with E-state index in [4.69, 9.17) is 4.98 Å². The van der Waals surface area contributed by atoms with Gasteiger partial charge in [0, 0.05) is 33.3 Å². The Bertz CT molecular complexity index is 1810. The molecule has 0 aliphatic heterocycles. The molecular weight excluding hydrogens is 450 g/mol. The fraction of sp³-hybridized carbons (Fsp3) is 0.0294. The lowest BCUT2D eigenvalue weighted by atomic mass is 10.0. The highest BCUT2D eigenvalue weighted by molar-refractivity contribution is 6.09. The van der Waals surface area contributed by atoms with Crippen LogP contribution in [-0.4, -0.2) is 14.1 Å². The van der Waals surface area contributed by atoms with Crippen LogP contribution in [0, 0.1) is 6.92 Å². The number of imidazole rings is 1. The maximum atomic E-state index is 5.08. The summed E-state index contributed by atoms with van der Waals surface area (Å²) in [5.74, 6) is 0.964. The van der Waals surface area contributed by atoms with Gasteiger partial charge in [0.25, 0.3) is 0 Å². The first-order chi connectivity index (χ1) is 18.3. The molecule has 7 aromatic rings. The Morgan fingerprint density at radius 2 is 0.973 bits per heavy atom. The zero-order valence-electron chi connectivity index (χ0n) is 20.5. The molecule has 176 valence electrons. The van der Waals surface area contributed by atoms with Gasteiger partial charge in [-0.05, 0) is 43.3 Å². The lowest BCUT2D eigenvalue weighted by Gasteiger charge is -2.13. The summed E-state index contributed by atoms with van der Waals surface area (Å²) >= 11 is 0. The Morgan fingerprint density at radius 1 is 0.459 bits per heavy atom. The minimum Gasteiger partial charge on any atom is -0.309 e. The third-order valence-corrected chi connectivity index (χ3v) is 7.09. The van der Waals surface area contributed by atoms with Gasteiger partial charge < -0.3 is 4.57 Å². The Kier molecular flexibility index (Phi) is 5.00. The SMILES string of the molecule is Cc1nc(-c2ccc(-n3c4ccccc4c4ccccc43)cc2)c(-c2ccccc2)n1-c1ccccc1. The third kappa shape index (κ3) is 3.47. The minimum absolute atomic E-state index is 0.964. The molecule has 2 heterocycles. The number of hydrogen-bond donors (Lipinski definition) is 0. The van der Waals surface area contributed by atoms with Crippen LogP contribution in [0.2, 0.25) is 0 Å². The average Bonchev–Trinajstić information content (AvgIpc) is 3.49. The van der Waals surface area contributed by atoms with E-state index in [1.54, 1.807) is 0 Å². The molecule has 5 aromatic carbocycles. The van der Waals surface area contributed by atoms with Gasteiger partial charge >= 0.3 is 0 Å². The second kappa shape index (κ2) is 8.65. The van der Waals surface area contributed by atoms with Crippen molar-refractivity contribution in [3.63, 3.8) is 0 Å². The van der Waals surface area contributed by atoms with E-state index in [0.29, 0.717) is 0 Å². The fourth-order valence-electron chi connectivity index (χ4n) is 5.46. The number of aryl methyl sites for hydroxylation is 1. The second-order valence-corrected chi connectivity index (χ2v) is 9.31. The number of aromatic nitrogens is 3. The summed E-state index contributed by atoms with van der Waals surface area (Å²) in [6, 6.07) is 47.1. The van der Waals surface area contributed by atoms with Gasteiger partial charge in [-0.2, -0.15) is 0 Å². The zero-order chi connectivity index (χ0) is 24.8. The molecule has 0 unspecified atom stereocenters. The van der Waals surface area contributed by atoms with Crippen molar-refractivity contribution in [3.05, 3.63) is 139 Å². The maximum absolute atomic E-state index is 5.08. The number of benzene rings is 5. The largest absolute Gasteiger partial charge is 0.309 e. The Morgan fingerprint density at radius 3 is 1.59 bits per heavy atom. The molecule has 0 saturated heterocycles. The topological polar surface area (TPSA) is 22.8 Å². The summed E-state index contributed by atoms with van der Waals surface area (Å²) in [5, 5.41) is 2.54. The monoisotopic (exact) mass is 475 g/mol. The van der Waals surface area contributed by atoms with E-state index in [9.17, 15) is 0 Å². The molecule has 0 N–H and O–H groups in total. The molecule has 0 amide bonds. The van der Waals surface area contributed by atoms with Crippen LogP contribution in [0.3, 0.4) is 0 Å². The first-order valence-corrected chi connectivity index (χ1v) is 12.6. The van der Waals surface area contributed by atoms with Crippen molar-refractivity contribution < 1.29 is 0 Å². The number of fused-ring (bicyclic) bond motifs is 3. The number of rotatable bonds is 4. The zero-order valence-corrected chi connectivity index (χ0v) is 20.5. The Labute approximate surface area is 215 Å². The van der Waals surface area contributed by atoms with Crippen molar-refractivity contribution in [1.29, 1.82) is 0 Å². The minimum atomic E-state index is 0.964. The summed E-state index contributed by atoms with van der Waals surface area (Å²) in [6.07, 6.45) is 0. The fourth-order valence-corrected chi connectivity index (χ4v) is 5.46. The highest BCUT2D eigenvalue weighted by Gasteiger charge is 2.19.